The number of nitrogens with one attached hydrogen (secondary N) is 1. The summed E-state index contributed by atoms with van der Waals surface area (Å²) in [5, 5.41) is 0.972. The van der Waals surface area contributed by atoms with Crippen LogP contribution in [0.5, 0.6) is 0 Å². The van der Waals surface area contributed by atoms with E-state index in [0.717, 1.165) is 15.6 Å². The SMILES string of the molecule is Cc1nc(C)c(CCNS(=O)(=O)c2ccc(F)c(C)c2)s1. The van der Waals surface area contributed by atoms with Crippen LogP contribution >= 0.6 is 11.3 Å². The Kier molecular flexibility index (Phi) is 4.75. The van der Waals surface area contributed by atoms with Gasteiger partial charge in [0.1, 0.15) is 5.82 Å². The molecule has 1 heterocycles. The van der Waals surface area contributed by atoms with Crippen LogP contribution in [0.4, 0.5) is 4.39 Å². The summed E-state index contributed by atoms with van der Waals surface area (Å²) in [7, 11) is -3.61. The average Bonchev–Trinajstić information content (AvgIpc) is 2.71. The number of sulfonamides is 1. The molecule has 4 nitrogen and oxygen atoms in total. The van der Waals surface area contributed by atoms with Crippen molar-refractivity contribution in [3.05, 3.63) is 45.2 Å². The van der Waals surface area contributed by atoms with Crippen LogP contribution in [0, 0.1) is 26.6 Å². The van der Waals surface area contributed by atoms with E-state index < -0.39 is 15.8 Å². The number of hydrogen-bond acceptors (Lipinski definition) is 4. The molecule has 1 N–H and O–H groups in total. The van der Waals surface area contributed by atoms with E-state index in [9.17, 15) is 12.8 Å². The Morgan fingerprint density at radius 2 is 2.00 bits per heavy atom. The molecule has 1 aromatic carbocycles. The summed E-state index contributed by atoms with van der Waals surface area (Å²) in [5.41, 5.74) is 1.25. The third-order valence-electron chi connectivity index (χ3n) is 3.08. The van der Waals surface area contributed by atoms with E-state index in [1.165, 1.54) is 25.1 Å². The first-order valence-electron chi connectivity index (χ1n) is 6.48. The molecule has 0 saturated heterocycles. The molecule has 0 radical (unpaired) electrons. The van der Waals surface area contributed by atoms with Crippen LogP contribution in [-0.4, -0.2) is 19.9 Å². The van der Waals surface area contributed by atoms with Gasteiger partial charge in [-0.25, -0.2) is 22.5 Å². The minimum Gasteiger partial charge on any atom is -0.247 e. The van der Waals surface area contributed by atoms with Gasteiger partial charge in [0.05, 0.1) is 15.6 Å². The first-order chi connectivity index (χ1) is 9.79. The van der Waals surface area contributed by atoms with Crippen LogP contribution in [0.2, 0.25) is 0 Å². The highest BCUT2D eigenvalue weighted by atomic mass is 32.2. The normalized spacial score (nSPS) is 11.8. The summed E-state index contributed by atoms with van der Waals surface area (Å²) in [4.78, 5) is 5.46. The van der Waals surface area contributed by atoms with Crippen molar-refractivity contribution in [1.82, 2.24) is 9.71 Å². The van der Waals surface area contributed by atoms with Gasteiger partial charge < -0.3 is 0 Å². The second-order valence-corrected chi connectivity index (χ2v) is 7.85. The molecule has 0 unspecified atom stereocenters. The molecule has 2 aromatic rings. The van der Waals surface area contributed by atoms with Crippen LogP contribution in [0.1, 0.15) is 21.1 Å². The Morgan fingerprint density at radius 1 is 1.29 bits per heavy atom. The van der Waals surface area contributed by atoms with Crippen LogP contribution in [-0.2, 0) is 16.4 Å². The molecule has 114 valence electrons. The highest BCUT2D eigenvalue weighted by Gasteiger charge is 2.15. The van der Waals surface area contributed by atoms with E-state index in [4.69, 9.17) is 0 Å². The Hall–Kier alpha value is -1.31. The maximum absolute atomic E-state index is 13.2. The number of aryl methyl sites for hydroxylation is 3. The van der Waals surface area contributed by atoms with E-state index in [-0.39, 0.29) is 4.90 Å². The predicted octanol–water partition coefficient (Wildman–Crippen LogP) is 2.73. The molecule has 21 heavy (non-hydrogen) atoms. The third kappa shape index (κ3) is 3.87. The number of nitrogens with zero attached hydrogens (tertiary/aromatic N) is 1. The predicted molar refractivity (Wildman–Crippen MR) is 81.6 cm³/mol. The number of benzene rings is 1. The van der Waals surface area contributed by atoms with Gasteiger partial charge >= 0.3 is 0 Å². The smallest absolute Gasteiger partial charge is 0.240 e. The van der Waals surface area contributed by atoms with Gasteiger partial charge in [-0.1, -0.05) is 0 Å². The second kappa shape index (κ2) is 6.21. The largest absolute Gasteiger partial charge is 0.247 e. The van der Waals surface area contributed by atoms with E-state index in [1.54, 1.807) is 11.3 Å². The zero-order valence-electron chi connectivity index (χ0n) is 12.1. The van der Waals surface area contributed by atoms with Gasteiger partial charge in [-0.15, -0.1) is 11.3 Å². The van der Waals surface area contributed by atoms with Gasteiger partial charge in [-0.2, -0.15) is 0 Å². The number of thiazole rings is 1. The summed E-state index contributed by atoms with van der Waals surface area (Å²) in [6.45, 7) is 5.67. The zero-order valence-corrected chi connectivity index (χ0v) is 13.7. The summed E-state index contributed by atoms with van der Waals surface area (Å²) in [6, 6.07) is 3.77. The number of aromatic nitrogens is 1. The van der Waals surface area contributed by atoms with Crippen LogP contribution in [0.3, 0.4) is 0 Å². The minimum absolute atomic E-state index is 0.0820. The molecule has 2 rings (SSSR count). The lowest BCUT2D eigenvalue weighted by molar-refractivity contribution is 0.580. The first kappa shape index (κ1) is 16.1. The van der Waals surface area contributed by atoms with Gasteiger partial charge in [0.15, 0.2) is 0 Å². The molecule has 0 fully saturated rings. The molecule has 1 aromatic heterocycles. The Morgan fingerprint density at radius 3 is 2.57 bits per heavy atom. The van der Waals surface area contributed by atoms with Crippen molar-refractivity contribution in [2.24, 2.45) is 0 Å². The van der Waals surface area contributed by atoms with Crippen LogP contribution < -0.4 is 4.72 Å². The van der Waals surface area contributed by atoms with Crippen molar-refractivity contribution in [1.29, 1.82) is 0 Å². The molecule has 0 saturated carbocycles. The standard InChI is InChI=1S/C14H17FN2O2S2/c1-9-8-12(4-5-13(9)15)21(18,19)16-7-6-14-10(2)17-11(3)20-14/h4-5,8,16H,6-7H2,1-3H3. The maximum Gasteiger partial charge on any atom is 0.240 e. The van der Waals surface area contributed by atoms with Crippen molar-refractivity contribution in [3.63, 3.8) is 0 Å². The van der Waals surface area contributed by atoms with Gasteiger partial charge in [0.25, 0.3) is 0 Å². The quantitative estimate of drug-likeness (QED) is 0.918. The molecule has 0 bridgehead atoms. The third-order valence-corrected chi connectivity index (χ3v) is 5.67. The molecule has 0 aliphatic carbocycles. The minimum atomic E-state index is -3.61. The van der Waals surface area contributed by atoms with Gasteiger partial charge in [0.2, 0.25) is 10.0 Å². The number of rotatable bonds is 5. The lowest BCUT2D eigenvalue weighted by atomic mass is 10.2. The molecular weight excluding hydrogens is 311 g/mol. The molecule has 0 aliphatic heterocycles. The molecule has 0 amide bonds. The molecule has 0 aliphatic rings. The van der Waals surface area contributed by atoms with E-state index in [1.807, 2.05) is 13.8 Å². The van der Waals surface area contributed by atoms with Crippen LogP contribution in [0.15, 0.2) is 23.1 Å². The highest BCUT2D eigenvalue weighted by molar-refractivity contribution is 7.89. The van der Waals surface area contributed by atoms with E-state index in [0.29, 0.717) is 18.5 Å². The average molecular weight is 328 g/mol. The zero-order chi connectivity index (χ0) is 15.6. The fraction of sp³-hybridized carbons (Fsp3) is 0.357. The topological polar surface area (TPSA) is 59.1 Å². The lowest BCUT2D eigenvalue weighted by Crippen LogP contribution is -2.26. The van der Waals surface area contributed by atoms with Crippen molar-refractivity contribution < 1.29 is 12.8 Å². The van der Waals surface area contributed by atoms with Gasteiger partial charge in [-0.3, -0.25) is 0 Å². The van der Waals surface area contributed by atoms with Crippen molar-refractivity contribution in [2.75, 3.05) is 6.54 Å². The summed E-state index contributed by atoms with van der Waals surface area (Å²) in [6.07, 6.45) is 0.594. The fourth-order valence-corrected chi connectivity index (χ4v) is 4.03. The van der Waals surface area contributed by atoms with Gasteiger partial charge in [-0.05, 0) is 51.0 Å². The number of halogens is 1. The highest BCUT2D eigenvalue weighted by Crippen LogP contribution is 2.18. The molecular formula is C14H17FN2O2S2. The van der Waals surface area contributed by atoms with Crippen molar-refractivity contribution in [2.45, 2.75) is 32.1 Å². The first-order valence-corrected chi connectivity index (χ1v) is 8.78. The Balaban J connectivity index is 2.04. The number of hydrogen-bond donors (Lipinski definition) is 1. The maximum atomic E-state index is 13.2. The molecule has 0 atom stereocenters. The lowest BCUT2D eigenvalue weighted by Gasteiger charge is -2.07. The molecule has 7 heteroatoms. The Bertz CT molecular complexity index is 754. The van der Waals surface area contributed by atoms with Gasteiger partial charge in [0, 0.05) is 11.4 Å². The van der Waals surface area contributed by atoms with E-state index >= 15 is 0 Å². The Labute approximate surface area is 128 Å². The monoisotopic (exact) mass is 328 g/mol. The summed E-state index contributed by atoms with van der Waals surface area (Å²) < 4.78 is 40.0. The van der Waals surface area contributed by atoms with Crippen LogP contribution in [0.25, 0.3) is 0 Å². The summed E-state index contributed by atoms with van der Waals surface area (Å²) >= 11 is 1.57. The molecule has 0 spiro atoms. The van der Waals surface area contributed by atoms with Crippen molar-refractivity contribution in [3.8, 4) is 0 Å². The fourth-order valence-electron chi connectivity index (χ4n) is 1.97. The van der Waals surface area contributed by atoms with Crippen molar-refractivity contribution >= 4 is 21.4 Å². The second-order valence-electron chi connectivity index (χ2n) is 4.80. The summed E-state index contributed by atoms with van der Waals surface area (Å²) in [5.74, 6) is -0.412. The van der Waals surface area contributed by atoms with E-state index in [2.05, 4.69) is 9.71 Å².